The van der Waals surface area contributed by atoms with Crippen LogP contribution >= 0.6 is 0 Å². The van der Waals surface area contributed by atoms with Crippen LogP contribution < -0.4 is 0 Å². The Balaban J connectivity index is -0.000000274. The summed E-state index contributed by atoms with van der Waals surface area (Å²) >= 11 is 0. The summed E-state index contributed by atoms with van der Waals surface area (Å²) in [4.78, 5) is 0. The first-order valence-electron chi connectivity index (χ1n) is 7.38. The molecule has 0 heteroatoms. The molecule has 0 radical (unpaired) electrons. The largest absolute Gasteiger partial charge is 0.103 e. The molecule has 1 atom stereocenters. The third-order valence-corrected chi connectivity index (χ3v) is 2.09. The minimum absolute atomic E-state index is 0.723. The van der Waals surface area contributed by atoms with Gasteiger partial charge in [-0.05, 0) is 24.8 Å². The lowest BCUT2D eigenvalue weighted by atomic mass is 9.97. The van der Waals surface area contributed by atoms with E-state index in [0.717, 1.165) is 5.92 Å². The maximum atomic E-state index is 3.36. The highest BCUT2D eigenvalue weighted by atomic mass is 14.1. The van der Waals surface area contributed by atoms with Gasteiger partial charge < -0.3 is 0 Å². The summed E-state index contributed by atoms with van der Waals surface area (Å²) in [6.07, 6.45) is 4.32. The zero-order valence-corrected chi connectivity index (χ0v) is 13.7. The predicted molar refractivity (Wildman–Crippen MR) is 88.3 cm³/mol. The molecular formula is C18H34. The second-order valence-corrected chi connectivity index (χ2v) is 3.51. The van der Waals surface area contributed by atoms with E-state index in [1.807, 2.05) is 34.6 Å². The molecule has 0 saturated carbocycles. The standard InChI is InChI=1S/C11H16.C3H6.2C2H6/c1-3-7-10(2)11-8-5-4-6-9-11;1-3-2;2*1-2/h4-6,8-10H,3,7H2,1-2H3;3H,1H2,2H3;2*1-2H3. The van der Waals surface area contributed by atoms with Crippen LogP contribution in [0.1, 0.15) is 72.8 Å². The molecule has 0 aliphatic heterocycles. The van der Waals surface area contributed by atoms with Gasteiger partial charge in [-0.15, -0.1) is 6.58 Å². The molecule has 1 unspecified atom stereocenters. The average molecular weight is 250 g/mol. The molecule has 18 heavy (non-hydrogen) atoms. The normalized spacial score (nSPS) is 9.28. The highest BCUT2D eigenvalue weighted by Gasteiger charge is 2.01. The maximum absolute atomic E-state index is 3.36. The zero-order valence-electron chi connectivity index (χ0n) is 13.7. The molecule has 0 heterocycles. The lowest BCUT2D eigenvalue weighted by Crippen LogP contribution is -1.91. The Bertz CT molecular complexity index is 223. The van der Waals surface area contributed by atoms with Crippen molar-refractivity contribution in [1.29, 1.82) is 0 Å². The Labute approximate surface area is 116 Å². The summed E-state index contributed by atoms with van der Waals surface area (Å²) in [5.41, 5.74) is 1.47. The molecular weight excluding hydrogens is 216 g/mol. The average Bonchev–Trinajstić information content (AvgIpc) is 2.45. The van der Waals surface area contributed by atoms with Crippen LogP contribution in [0.25, 0.3) is 0 Å². The number of hydrogen-bond donors (Lipinski definition) is 0. The quantitative estimate of drug-likeness (QED) is 0.515. The SMILES string of the molecule is C=CC.CC.CC.CCCC(C)c1ccccc1. The number of rotatable bonds is 3. The van der Waals surface area contributed by atoms with E-state index >= 15 is 0 Å². The van der Waals surface area contributed by atoms with E-state index in [-0.39, 0.29) is 0 Å². The van der Waals surface area contributed by atoms with Crippen LogP contribution in [0.15, 0.2) is 43.0 Å². The Hall–Kier alpha value is -1.04. The third kappa shape index (κ3) is 15.0. The molecule has 0 aromatic heterocycles. The van der Waals surface area contributed by atoms with Crippen LogP contribution in [0.4, 0.5) is 0 Å². The van der Waals surface area contributed by atoms with Crippen molar-refractivity contribution in [2.45, 2.75) is 67.2 Å². The molecule has 1 aromatic carbocycles. The monoisotopic (exact) mass is 250 g/mol. The summed E-state index contributed by atoms with van der Waals surface area (Å²) in [6, 6.07) is 10.7. The van der Waals surface area contributed by atoms with Crippen molar-refractivity contribution in [3.05, 3.63) is 48.6 Å². The molecule has 106 valence electrons. The Morgan fingerprint density at radius 2 is 1.44 bits per heavy atom. The molecule has 0 bridgehead atoms. The van der Waals surface area contributed by atoms with Gasteiger partial charge in [-0.1, -0.05) is 84.4 Å². The van der Waals surface area contributed by atoms with E-state index in [9.17, 15) is 0 Å². The Morgan fingerprint density at radius 1 is 1.06 bits per heavy atom. The molecule has 0 aliphatic carbocycles. The summed E-state index contributed by atoms with van der Waals surface area (Å²) in [5, 5.41) is 0. The fraction of sp³-hybridized carbons (Fsp3) is 0.556. The van der Waals surface area contributed by atoms with Crippen molar-refractivity contribution in [3.63, 3.8) is 0 Å². The zero-order chi connectivity index (χ0) is 14.8. The highest BCUT2D eigenvalue weighted by molar-refractivity contribution is 5.18. The van der Waals surface area contributed by atoms with Crippen molar-refractivity contribution in [2.24, 2.45) is 0 Å². The minimum Gasteiger partial charge on any atom is -0.103 e. The van der Waals surface area contributed by atoms with Crippen LogP contribution in [0.3, 0.4) is 0 Å². The van der Waals surface area contributed by atoms with Gasteiger partial charge in [0.05, 0.1) is 0 Å². The second-order valence-electron chi connectivity index (χ2n) is 3.51. The lowest BCUT2D eigenvalue weighted by molar-refractivity contribution is 0.665. The van der Waals surface area contributed by atoms with E-state index in [0.29, 0.717) is 0 Å². The number of benzene rings is 1. The molecule has 0 spiro atoms. The summed E-state index contributed by atoms with van der Waals surface area (Å²) in [6.45, 7) is 17.8. The predicted octanol–water partition coefficient (Wildman–Crippen LogP) is 6.83. The van der Waals surface area contributed by atoms with Crippen LogP contribution in [-0.2, 0) is 0 Å². The van der Waals surface area contributed by atoms with Gasteiger partial charge in [0.15, 0.2) is 0 Å². The molecule has 1 rings (SSSR count). The van der Waals surface area contributed by atoms with E-state index in [2.05, 4.69) is 50.8 Å². The van der Waals surface area contributed by atoms with Gasteiger partial charge in [-0.3, -0.25) is 0 Å². The first-order valence-corrected chi connectivity index (χ1v) is 7.38. The molecule has 0 amide bonds. The van der Waals surface area contributed by atoms with Crippen molar-refractivity contribution in [2.75, 3.05) is 0 Å². The van der Waals surface area contributed by atoms with E-state index in [4.69, 9.17) is 0 Å². The van der Waals surface area contributed by atoms with Gasteiger partial charge in [-0.2, -0.15) is 0 Å². The van der Waals surface area contributed by atoms with Crippen LogP contribution in [0.2, 0.25) is 0 Å². The highest BCUT2D eigenvalue weighted by Crippen LogP contribution is 2.19. The second kappa shape index (κ2) is 21.3. The van der Waals surface area contributed by atoms with Gasteiger partial charge in [0.2, 0.25) is 0 Å². The topological polar surface area (TPSA) is 0 Å². The maximum Gasteiger partial charge on any atom is -0.0190 e. The minimum atomic E-state index is 0.723. The van der Waals surface area contributed by atoms with Crippen LogP contribution in [0, 0.1) is 0 Å². The Kier molecular flexibility index (Phi) is 26.2. The first-order chi connectivity index (χ1) is 8.76. The molecule has 0 fully saturated rings. The van der Waals surface area contributed by atoms with Crippen molar-refractivity contribution >= 4 is 0 Å². The van der Waals surface area contributed by atoms with Crippen LogP contribution in [-0.4, -0.2) is 0 Å². The summed E-state index contributed by atoms with van der Waals surface area (Å²) in [7, 11) is 0. The van der Waals surface area contributed by atoms with Gasteiger partial charge in [0, 0.05) is 0 Å². The van der Waals surface area contributed by atoms with Crippen molar-refractivity contribution in [1.82, 2.24) is 0 Å². The van der Waals surface area contributed by atoms with E-state index in [1.54, 1.807) is 6.08 Å². The fourth-order valence-electron chi connectivity index (χ4n) is 1.38. The lowest BCUT2D eigenvalue weighted by Gasteiger charge is -2.08. The molecule has 0 nitrogen and oxygen atoms in total. The van der Waals surface area contributed by atoms with E-state index < -0.39 is 0 Å². The smallest absolute Gasteiger partial charge is 0.0190 e. The van der Waals surface area contributed by atoms with Gasteiger partial charge >= 0.3 is 0 Å². The first kappa shape index (κ1) is 22.2. The summed E-state index contributed by atoms with van der Waals surface area (Å²) < 4.78 is 0. The summed E-state index contributed by atoms with van der Waals surface area (Å²) in [5.74, 6) is 0.723. The fourth-order valence-corrected chi connectivity index (χ4v) is 1.38. The Morgan fingerprint density at radius 3 is 1.78 bits per heavy atom. The van der Waals surface area contributed by atoms with Crippen molar-refractivity contribution < 1.29 is 0 Å². The van der Waals surface area contributed by atoms with Crippen LogP contribution in [0.5, 0.6) is 0 Å². The third-order valence-electron chi connectivity index (χ3n) is 2.09. The molecule has 0 saturated heterocycles. The van der Waals surface area contributed by atoms with Gasteiger partial charge in [0.25, 0.3) is 0 Å². The van der Waals surface area contributed by atoms with Gasteiger partial charge in [0.1, 0.15) is 0 Å². The van der Waals surface area contributed by atoms with Gasteiger partial charge in [-0.25, -0.2) is 0 Å². The van der Waals surface area contributed by atoms with E-state index in [1.165, 1.54) is 18.4 Å². The molecule has 0 N–H and O–H groups in total. The number of hydrogen-bond acceptors (Lipinski definition) is 0. The number of allylic oxidation sites excluding steroid dienone is 1. The van der Waals surface area contributed by atoms with Crippen molar-refractivity contribution in [3.8, 4) is 0 Å². The molecule has 0 aliphatic rings. The molecule has 1 aromatic rings.